The first-order valence-corrected chi connectivity index (χ1v) is 5.24. The lowest BCUT2D eigenvalue weighted by molar-refractivity contribution is -0.105. The van der Waals surface area contributed by atoms with Crippen molar-refractivity contribution in [2.24, 2.45) is 0 Å². The highest BCUT2D eigenvalue weighted by atomic mass is 19.1. The van der Waals surface area contributed by atoms with Crippen LogP contribution < -0.4 is 0 Å². The molecule has 2 rings (SSSR count). The van der Waals surface area contributed by atoms with Gasteiger partial charge in [-0.15, -0.1) is 0 Å². The summed E-state index contributed by atoms with van der Waals surface area (Å²) in [6, 6.07) is 8.23. The zero-order valence-electron chi connectivity index (χ0n) is 9.74. The fraction of sp³-hybridized carbons (Fsp3) is 0.231. The van der Waals surface area contributed by atoms with Crippen molar-refractivity contribution in [1.29, 1.82) is 0 Å². The third kappa shape index (κ3) is 2.54. The SMILES string of the molecule is COC(OC)c1c[nH]c(-c2ccc(F)cc2)c1. The fourth-order valence-corrected chi connectivity index (χ4v) is 1.71. The number of H-pyrrole nitrogens is 1. The van der Waals surface area contributed by atoms with Gasteiger partial charge in [0.2, 0.25) is 0 Å². The zero-order chi connectivity index (χ0) is 12.3. The standard InChI is InChI=1S/C13H14FNO2/c1-16-13(17-2)10-7-12(15-8-10)9-3-5-11(14)6-4-9/h3-8,13,15H,1-2H3. The van der Waals surface area contributed by atoms with Crippen molar-refractivity contribution in [1.82, 2.24) is 4.98 Å². The zero-order valence-corrected chi connectivity index (χ0v) is 9.74. The van der Waals surface area contributed by atoms with Crippen LogP contribution in [0, 0.1) is 5.82 Å². The van der Waals surface area contributed by atoms with Crippen LogP contribution in [0.2, 0.25) is 0 Å². The second-order valence-electron chi connectivity index (χ2n) is 3.66. The number of aromatic amines is 1. The van der Waals surface area contributed by atoms with Crippen LogP contribution in [0.25, 0.3) is 11.3 Å². The van der Waals surface area contributed by atoms with Gasteiger partial charge in [0.15, 0.2) is 6.29 Å². The highest BCUT2D eigenvalue weighted by molar-refractivity contribution is 5.60. The molecule has 0 aliphatic rings. The highest BCUT2D eigenvalue weighted by Gasteiger charge is 2.11. The van der Waals surface area contributed by atoms with Crippen LogP contribution in [-0.4, -0.2) is 19.2 Å². The number of aromatic nitrogens is 1. The normalized spacial score (nSPS) is 11.1. The molecule has 0 aliphatic carbocycles. The molecule has 3 nitrogen and oxygen atoms in total. The Balaban J connectivity index is 2.26. The fourth-order valence-electron chi connectivity index (χ4n) is 1.71. The van der Waals surface area contributed by atoms with E-state index in [2.05, 4.69) is 4.98 Å². The molecule has 0 spiro atoms. The first-order chi connectivity index (χ1) is 8.24. The average Bonchev–Trinajstić information content (AvgIpc) is 2.81. The summed E-state index contributed by atoms with van der Waals surface area (Å²) >= 11 is 0. The molecule has 4 heteroatoms. The van der Waals surface area contributed by atoms with Gasteiger partial charge in [-0.3, -0.25) is 0 Å². The molecule has 0 unspecified atom stereocenters. The predicted octanol–water partition coefficient (Wildman–Crippen LogP) is 3.11. The molecule has 0 radical (unpaired) electrons. The topological polar surface area (TPSA) is 34.2 Å². The molecule has 0 aliphatic heterocycles. The Labute approximate surface area is 99.2 Å². The van der Waals surface area contributed by atoms with Crippen molar-refractivity contribution in [3.8, 4) is 11.3 Å². The Bertz CT molecular complexity index is 474. The first kappa shape index (κ1) is 11.8. The van der Waals surface area contributed by atoms with Gasteiger partial charge in [0.1, 0.15) is 5.82 Å². The minimum absolute atomic E-state index is 0.243. The van der Waals surface area contributed by atoms with Crippen LogP contribution in [-0.2, 0) is 9.47 Å². The number of rotatable bonds is 4. The van der Waals surface area contributed by atoms with Crippen molar-refractivity contribution in [2.75, 3.05) is 14.2 Å². The number of ether oxygens (including phenoxy) is 2. The van der Waals surface area contributed by atoms with Gasteiger partial charge in [-0.1, -0.05) is 0 Å². The van der Waals surface area contributed by atoms with Crippen LogP contribution in [0.1, 0.15) is 11.9 Å². The Hall–Kier alpha value is -1.65. The van der Waals surface area contributed by atoms with E-state index in [1.165, 1.54) is 12.1 Å². The number of hydrogen-bond acceptors (Lipinski definition) is 2. The summed E-state index contributed by atoms with van der Waals surface area (Å²) in [5.74, 6) is -0.243. The van der Waals surface area contributed by atoms with Gasteiger partial charge in [0.05, 0.1) is 0 Å². The maximum Gasteiger partial charge on any atom is 0.184 e. The Morgan fingerprint density at radius 2 is 1.76 bits per heavy atom. The van der Waals surface area contributed by atoms with Crippen molar-refractivity contribution < 1.29 is 13.9 Å². The lowest BCUT2D eigenvalue weighted by Crippen LogP contribution is -2.01. The minimum Gasteiger partial charge on any atom is -0.361 e. The van der Waals surface area contributed by atoms with Crippen molar-refractivity contribution in [3.63, 3.8) is 0 Å². The molecule has 0 bridgehead atoms. The van der Waals surface area contributed by atoms with E-state index in [4.69, 9.17) is 9.47 Å². The van der Waals surface area contributed by atoms with Gasteiger partial charge < -0.3 is 14.5 Å². The maximum absolute atomic E-state index is 12.8. The summed E-state index contributed by atoms with van der Waals surface area (Å²) in [4.78, 5) is 3.11. The van der Waals surface area contributed by atoms with E-state index in [1.54, 1.807) is 26.4 Å². The maximum atomic E-state index is 12.8. The molecular formula is C13H14FNO2. The summed E-state index contributed by atoms with van der Waals surface area (Å²) in [6.45, 7) is 0. The summed E-state index contributed by atoms with van der Waals surface area (Å²) in [5.41, 5.74) is 2.72. The molecular weight excluding hydrogens is 221 g/mol. The van der Waals surface area contributed by atoms with Crippen molar-refractivity contribution >= 4 is 0 Å². The average molecular weight is 235 g/mol. The van der Waals surface area contributed by atoms with Gasteiger partial charge in [-0.2, -0.15) is 0 Å². The molecule has 90 valence electrons. The second-order valence-corrected chi connectivity index (χ2v) is 3.66. The van der Waals surface area contributed by atoms with Gasteiger partial charge in [0, 0.05) is 31.7 Å². The summed E-state index contributed by atoms with van der Waals surface area (Å²) in [5, 5.41) is 0. The third-order valence-corrected chi connectivity index (χ3v) is 2.56. The third-order valence-electron chi connectivity index (χ3n) is 2.56. The van der Waals surface area contributed by atoms with Gasteiger partial charge in [-0.25, -0.2) is 4.39 Å². The summed E-state index contributed by atoms with van der Waals surface area (Å²) in [7, 11) is 3.16. The molecule has 0 atom stereocenters. The Morgan fingerprint density at radius 1 is 1.12 bits per heavy atom. The Kier molecular flexibility index (Phi) is 3.56. The number of benzene rings is 1. The molecule has 0 fully saturated rings. The molecule has 1 N–H and O–H groups in total. The first-order valence-electron chi connectivity index (χ1n) is 5.24. The Morgan fingerprint density at radius 3 is 2.35 bits per heavy atom. The molecule has 1 aromatic carbocycles. The number of nitrogens with one attached hydrogen (secondary N) is 1. The van der Waals surface area contributed by atoms with Gasteiger partial charge >= 0.3 is 0 Å². The molecule has 2 aromatic rings. The van der Waals surface area contributed by atoms with E-state index in [9.17, 15) is 4.39 Å². The van der Waals surface area contributed by atoms with Crippen molar-refractivity contribution in [2.45, 2.75) is 6.29 Å². The van der Waals surface area contributed by atoms with Crippen LogP contribution in [0.3, 0.4) is 0 Å². The monoisotopic (exact) mass is 235 g/mol. The number of methoxy groups -OCH3 is 2. The molecule has 0 saturated carbocycles. The minimum atomic E-state index is -0.388. The van der Waals surface area contributed by atoms with E-state index < -0.39 is 0 Å². The highest BCUT2D eigenvalue weighted by Crippen LogP contribution is 2.24. The second kappa shape index (κ2) is 5.12. The smallest absolute Gasteiger partial charge is 0.184 e. The predicted molar refractivity (Wildman–Crippen MR) is 62.9 cm³/mol. The van der Waals surface area contributed by atoms with E-state index in [1.807, 2.05) is 12.3 Å². The van der Waals surface area contributed by atoms with E-state index in [-0.39, 0.29) is 12.1 Å². The lowest BCUT2D eigenvalue weighted by Gasteiger charge is -2.10. The van der Waals surface area contributed by atoms with Gasteiger partial charge in [0.25, 0.3) is 0 Å². The number of halogens is 1. The van der Waals surface area contributed by atoms with Crippen LogP contribution >= 0.6 is 0 Å². The van der Waals surface area contributed by atoms with E-state index >= 15 is 0 Å². The molecule has 1 heterocycles. The quantitative estimate of drug-likeness (QED) is 0.826. The molecule has 0 saturated heterocycles. The number of hydrogen-bond donors (Lipinski definition) is 1. The molecule has 0 amide bonds. The molecule has 1 aromatic heterocycles. The summed E-state index contributed by atoms with van der Waals surface area (Å²) in [6.07, 6.45) is 1.43. The van der Waals surface area contributed by atoms with Crippen molar-refractivity contribution in [3.05, 3.63) is 47.9 Å². The molecule has 17 heavy (non-hydrogen) atoms. The van der Waals surface area contributed by atoms with E-state index in [0.29, 0.717) is 0 Å². The van der Waals surface area contributed by atoms with Crippen LogP contribution in [0.15, 0.2) is 36.5 Å². The largest absolute Gasteiger partial charge is 0.361 e. The van der Waals surface area contributed by atoms with Crippen LogP contribution in [0.4, 0.5) is 4.39 Å². The van der Waals surface area contributed by atoms with E-state index in [0.717, 1.165) is 16.8 Å². The summed E-state index contributed by atoms with van der Waals surface area (Å²) < 4.78 is 23.1. The lowest BCUT2D eigenvalue weighted by atomic mass is 10.1. The van der Waals surface area contributed by atoms with Gasteiger partial charge in [-0.05, 0) is 35.9 Å². The van der Waals surface area contributed by atoms with Crippen LogP contribution in [0.5, 0.6) is 0 Å².